The number of hydrogen-bond acceptors (Lipinski definition) is 6. The van der Waals surface area contributed by atoms with E-state index in [1.165, 1.54) is 0 Å². The molecule has 2 aromatic rings. The molecule has 1 amide bonds. The number of aromatic nitrogens is 1. The van der Waals surface area contributed by atoms with E-state index in [2.05, 4.69) is 15.8 Å². The second kappa shape index (κ2) is 10.2. The minimum Gasteiger partial charge on any atom is -0.360 e. The third-order valence-corrected chi connectivity index (χ3v) is 9.40. The van der Waals surface area contributed by atoms with Gasteiger partial charge in [0.25, 0.3) is 5.91 Å². The predicted octanol–water partition coefficient (Wildman–Crippen LogP) is 2.69. The molecule has 5 rings (SSSR count). The maximum Gasteiger partial charge on any atom is 0.273 e. The van der Waals surface area contributed by atoms with Crippen LogP contribution in [0, 0.1) is 5.92 Å². The van der Waals surface area contributed by atoms with Gasteiger partial charge in [-0.3, -0.25) is 4.79 Å². The molecular weight excluding hydrogens is 452 g/mol. The average molecular weight is 487 g/mol. The molecule has 0 spiro atoms. The summed E-state index contributed by atoms with van der Waals surface area (Å²) >= 11 is 0. The molecule has 1 saturated carbocycles. The van der Waals surface area contributed by atoms with E-state index in [4.69, 9.17) is 4.52 Å². The molecule has 0 unspecified atom stereocenters. The highest BCUT2D eigenvalue weighted by Gasteiger charge is 2.38. The summed E-state index contributed by atoms with van der Waals surface area (Å²) in [5.41, 5.74) is 1.41. The molecule has 2 N–H and O–H groups in total. The van der Waals surface area contributed by atoms with Gasteiger partial charge in [0.05, 0.1) is 5.75 Å². The van der Waals surface area contributed by atoms with Crippen LogP contribution in [0.2, 0.25) is 0 Å². The maximum absolute atomic E-state index is 13.5. The van der Waals surface area contributed by atoms with Crippen LogP contribution in [0.15, 0.2) is 40.9 Å². The zero-order chi connectivity index (χ0) is 23.5. The van der Waals surface area contributed by atoms with Gasteiger partial charge in [-0.15, -0.1) is 0 Å². The van der Waals surface area contributed by atoms with Gasteiger partial charge in [0.2, 0.25) is 10.0 Å². The molecule has 0 radical (unpaired) electrons. The number of nitrogens with one attached hydrogen (secondary N) is 2. The topological polar surface area (TPSA) is 105 Å². The van der Waals surface area contributed by atoms with Crippen molar-refractivity contribution in [2.45, 2.75) is 62.9 Å². The zero-order valence-electron chi connectivity index (χ0n) is 19.5. The predicted molar refractivity (Wildman–Crippen MR) is 129 cm³/mol. The fraction of sp³-hybridized carbons (Fsp3) is 0.600. The van der Waals surface area contributed by atoms with Gasteiger partial charge in [0, 0.05) is 30.6 Å². The highest BCUT2D eigenvalue weighted by atomic mass is 32.2. The minimum atomic E-state index is -3.39. The molecular formula is C25H34N4O4S. The van der Waals surface area contributed by atoms with Crippen LogP contribution in [-0.4, -0.2) is 61.3 Å². The molecule has 3 heterocycles. The fourth-order valence-corrected chi connectivity index (χ4v) is 7.37. The van der Waals surface area contributed by atoms with Crippen molar-refractivity contribution in [1.82, 2.24) is 20.1 Å². The maximum atomic E-state index is 13.5. The lowest BCUT2D eigenvalue weighted by Gasteiger charge is -2.39. The first-order valence-electron chi connectivity index (χ1n) is 12.5. The largest absolute Gasteiger partial charge is 0.360 e. The van der Waals surface area contributed by atoms with Crippen LogP contribution in [0.3, 0.4) is 0 Å². The van der Waals surface area contributed by atoms with Gasteiger partial charge in [-0.2, -0.15) is 4.31 Å². The zero-order valence-corrected chi connectivity index (χ0v) is 20.3. The third kappa shape index (κ3) is 5.70. The van der Waals surface area contributed by atoms with E-state index in [9.17, 15) is 13.2 Å². The lowest BCUT2D eigenvalue weighted by atomic mass is 9.94. The van der Waals surface area contributed by atoms with Crippen LogP contribution < -0.4 is 10.6 Å². The van der Waals surface area contributed by atoms with Gasteiger partial charge in [-0.05, 0) is 69.5 Å². The molecule has 2 saturated heterocycles. The van der Waals surface area contributed by atoms with Gasteiger partial charge in [-0.25, -0.2) is 8.42 Å². The molecule has 184 valence electrons. The molecule has 9 heteroatoms. The Kier molecular flexibility index (Phi) is 7.04. The molecule has 0 bridgehead atoms. The molecule has 1 aliphatic carbocycles. The summed E-state index contributed by atoms with van der Waals surface area (Å²) in [4.78, 5) is 12.8. The van der Waals surface area contributed by atoms with Crippen LogP contribution in [0.4, 0.5) is 0 Å². The number of carbonyl (C=O) groups excluding carboxylic acids is 1. The van der Waals surface area contributed by atoms with Gasteiger partial charge in [-0.1, -0.05) is 35.5 Å². The molecule has 8 nitrogen and oxygen atoms in total. The van der Waals surface area contributed by atoms with Crippen molar-refractivity contribution in [2.75, 3.05) is 25.4 Å². The molecule has 3 aliphatic rings. The summed E-state index contributed by atoms with van der Waals surface area (Å²) in [6.07, 6.45) is 5.78. The van der Waals surface area contributed by atoms with Crippen molar-refractivity contribution in [3.63, 3.8) is 0 Å². The number of hydrogen-bond donors (Lipinski definition) is 2. The van der Waals surface area contributed by atoms with Crippen LogP contribution in [-0.2, 0) is 16.4 Å². The van der Waals surface area contributed by atoms with E-state index in [1.807, 2.05) is 30.3 Å². The van der Waals surface area contributed by atoms with Crippen LogP contribution in [0.1, 0.15) is 66.3 Å². The number of amides is 1. The summed E-state index contributed by atoms with van der Waals surface area (Å²) in [5, 5.41) is 10.3. The van der Waals surface area contributed by atoms with E-state index in [0.29, 0.717) is 37.4 Å². The first kappa shape index (κ1) is 23.5. The van der Waals surface area contributed by atoms with E-state index < -0.39 is 10.0 Å². The smallest absolute Gasteiger partial charge is 0.273 e. The summed E-state index contributed by atoms with van der Waals surface area (Å²) in [7, 11) is -3.39. The Morgan fingerprint density at radius 1 is 1.12 bits per heavy atom. The van der Waals surface area contributed by atoms with E-state index in [1.54, 1.807) is 10.4 Å². The standard InChI is InChI=1S/C25H34N4O4S/c30-25(23-16-24(33-28-23)20-6-7-20)27-21-10-13-29(22(15-21)14-18-4-2-1-3-5-18)34(31,32)17-19-8-11-26-12-9-19/h1-5,16,19-22,26H,6-15,17H2,(H,27,30)/t21-,22-/m0/s1. The van der Waals surface area contributed by atoms with Gasteiger partial charge in [0.15, 0.2) is 5.69 Å². The van der Waals surface area contributed by atoms with Crippen molar-refractivity contribution in [2.24, 2.45) is 5.92 Å². The van der Waals surface area contributed by atoms with Crippen molar-refractivity contribution >= 4 is 15.9 Å². The number of benzene rings is 1. The highest BCUT2D eigenvalue weighted by Crippen LogP contribution is 2.40. The number of carbonyl (C=O) groups is 1. The molecule has 34 heavy (non-hydrogen) atoms. The Morgan fingerprint density at radius 2 is 1.88 bits per heavy atom. The SMILES string of the molecule is O=C(N[C@H]1CCN(S(=O)(=O)CC2CCNCC2)[C@@H](Cc2ccccc2)C1)c1cc(C2CC2)on1. The lowest BCUT2D eigenvalue weighted by Crippen LogP contribution is -2.53. The van der Waals surface area contributed by atoms with Gasteiger partial charge < -0.3 is 15.2 Å². The Hall–Kier alpha value is -2.23. The van der Waals surface area contributed by atoms with Crippen molar-refractivity contribution in [1.29, 1.82) is 0 Å². The Morgan fingerprint density at radius 3 is 2.62 bits per heavy atom. The third-order valence-electron chi connectivity index (χ3n) is 7.31. The average Bonchev–Trinajstić information content (AvgIpc) is 3.56. The quantitative estimate of drug-likeness (QED) is 0.595. The highest BCUT2D eigenvalue weighted by molar-refractivity contribution is 7.89. The second-order valence-corrected chi connectivity index (χ2v) is 12.0. The normalized spacial score (nSPS) is 24.7. The van der Waals surface area contributed by atoms with E-state index in [-0.39, 0.29) is 29.7 Å². The van der Waals surface area contributed by atoms with Crippen LogP contribution in [0.25, 0.3) is 0 Å². The van der Waals surface area contributed by atoms with Crippen molar-refractivity contribution < 1.29 is 17.7 Å². The van der Waals surface area contributed by atoms with Crippen molar-refractivity contribution in [3.8, 4) is 0 Å². The second-order valence-electron chi connectivity index (χ2n) is 10.0. The number of rotatable bonds is 8. The first-order valence-corrected chi connectivity index (χ1v) is 14.1. The van der Waals surface area contributed by atoms with E-state index >= 15 is 0 Å². The molecule has 2 aliphatic heterocycles. The van der Waals surface area contributed by atoms with Crippen LogP contribution in [0.5, 0.6) is 0 Å². The summed E-state index contributed by atoms with van der Waals surface area (Å²) in [6, 6.07) is 11.4. The molecule has 3 fully saturated rings. The van der Waals surface area contributed by atoms with Crippen LogP contribution >= 0.6 is 0 Å². The Labute approximate surface area is 201 Å². The molecule has 2 atom stereocenters. The fourth-order valence-electron chi connectivity index (χ4n) is 5.26. The monoisotopic (exact) mass is 486 g/mol. The Bertz CT molecular complexity index is 1080. The minimum absolute atomic E-state index is 0.104. The summed E-state index contributed by atoms with van der Waals surface area (Å²) in [6.45, 7) is 2.18. The Balaban J connectivity index is 1.28. The molecule has 1 aromatic heterocycles. The first-order chi connectivity index (χ1) is 16.5. The number of nitrogens with zero attached hydrogens (tertiary/aromatic N) is 2. The molecule has 1 aromatic carbocycles. The van der Waals surface area contributed by atoms with Gasteiger partial charge in [0.1, 0.15) is 5.76 Å². The lowest BCUT2D eigenvalue weighted by molar-refractivity contribution is 0.0902. The van der Waals surface area contributed by atoms with Gasteiger partial charge >= 0.3 is 0 Å². The summed E-state index contributed by atoms with van der Waals surface area (Å²) < 4.78 is 34.0. The van der Waals surface area contributed by atoms with Crippen molar-refractivity contribution in [3.05, 3.63) is 53.4 Å². The van der Waals surface area contributed by atoms with E-state index in [0.717, 1.165) is 50.1 Å². The number of piperidine rings is 2. The number of sulfonamides is 1. The summed E-state index contributed by atoms with van der Waals surface area (Å²) in [5.74, 6) is 1.35.